The minimum absolute atomic E-state index is 0.000896. The molecule has 3 rings (SSSR count). The molecule has 2 aliphatic carbocycles. The molecule has 2 saturated carbocycles. The summed E-state index contributed by atoms with van der Waals surface area (Å²) in [5.74, 6) is 1.14. The van der Waals surface area contributed by atoms with Gasteiger partial charge in [0.05, 0.1) is 6.61 Å². The van der Waals surface area contributed by atoms with Crippen LogP contribution in [0.3, 0.4) is 0 Å². The second kappa shape index (κ2) is 9.52. The van der Waals surface area contributed by atoms with E-state index in [1.807, 2.05) is 11.8 Å². The molecular formula is C20H32N4O4. The van der Waals surface area contributed by atoms with E-state index in [1.54, 1.807) is 13.2 Å². The molecule has 8 heteroatoms. The van der Waals surface area contributed by atoms with Gasteiger partial charge in [0.15, 0.2) is 5.69 Å². The molecule has 156 valence electrons. The van der Waals surface area contributed by atoms with Crippen molar-refractivity contribution < 1.29 is 18.8 Å². The van der Waals surface area contributed by atoms with Gasteiger partial charge in [-0.05, 0) is 45.4 Å². The van der Waals surface area contributed by atoms with Crippen LogP contribution in [0.15, 0.2) is 10.6 Å². The number of aromatic nitrogens is 1. The predicted octanol–water partition coefficient (Wildman–Crippen LogP) is 1.81. The van der Waals surface area contributed by atoms with E-state index < -0.39 is 0 Å². The molecule has 0 unspecified atom stereocenters. The summed E-state index contributed by atoms with van der Waals surface area (Å²) < 4.78 is 10.6. The molecule has 2 amide bonds. The Kier molecular flexibility index (Phi) is 7.07. The molecule has 0 saturated heterocycles. The highest BCUT2D eigenvalue weighted by Gasteiger charge is 2.33. The quantitative estimate of drug-likeness (QED) is 0.663. The Morgan fingerprint density at radius 2 is 2.04 bits per heavy atom. The first-order valence-corrected chi connectivity index (χ1v) is 10.3. The Bertz CT molecular complexity index is 663. The fourth-order valence-electron chi connectivity index (χ4n) is 3.85. The molecule has 0 spiro atoms. The average molecular weight is 393 g/mol. The van der Waals surface area contributed by atoms with Crippen molar-refractivity contribution in [1.29, 1.82) is 0 Å². The lowest BCUT2D eigenvalue weighted by Gasteiger charge is -2.36. The van der Waals surface area contributed by atoms with Gasteiger partial charge in [-0.2, -0.15) is 0 Å². The molecule has 0 aliphatic heterocycles. The second-order valence-electron chi connectivity index (χ2n) is 8.13. The Balaban J connectivity index is 1.57. The Morgan fingerprint density at radius 3 is 2.64 bits per heavy atom. The number of carbonyl (C=O) groups excluding carboxylic acids is 2. The minimum Gasteiger partial charge on any atom is -0.383 e. The van der Waals surface area contributed by atoms with Gasteiger partial charge in [-0.25, -0.2) is 0 Å². The number of carbonyl (C=O) groups is 2. The summed E-state index contributed by atoms with van der Waals surface area (Å²) in [5, 5.41) is 7.07. The molecule has 1 aromatic rings. The first-order valence-electron chi connectivity index (χ1n) is 10.3. The lowest BCUT2D eigenvalue weighted by molar-refractivity contribution is -0.122. The zero-order valence-electron chi connectivity index (χ0n) is 16.9. The number of hydrogen-bond donors (Lipinski definition) is 2. The van der Waals surface area contributed by atoms with E-state index in [1.165, 1.54) is 0 Å². The van der Waals surface area contributed by atoms with Gasteiger partial charge in [0.25, 0.3) is 5.91 Å². The van der Waals surface area contributed by atoms with Crippen molar-refractivity contribution in [2.75, 3.05) is 20.3 Å². The lowest BCUT2D eigenvalue weighted by atomic mass is 9.89. The van der Waals surface area contributed by atoms with Gasteiger partial charge in [-0.1, -0.05) is 5.16 Å². The van der Waals surface area contributed by atoms with Crippen molar-refractivity contribution in [3.8, 4) is 0 Å². The predicted molar refractivity (Wildman–Crippen MR) is 104 cm³/mol. The molecule has 0 bridgehead atoms. The summed E-state index contributed by atoms with van der Waals surface area (Å²) in [5.41, 5.74) is 6.07. The molecular weight excluding hydrogens is 360 g/mol. The molecule has 3 N–H and O–H groups in total. The largest absolute Gasteiger partial charge is 0.383 e. The summed E-state index contributed by atoms with van der Waals surface area (Å²) >= 11 is 0. The third-order valence-electron chi connectivity index (χ3n) is 5.53. The summed E-state index contributed by atoms with van der Waals surface area (Å²) in [6.45, 7) is 2.83. The summed E-state index contributed by atoms with van der Waals surface area (Å²) in [7, 11) is 1.63. The fourth-order valence-corrected chi connectivity index (χ4v) is 3.85. The zero-order chi connectivity index (χ0) is 20.1. The maximum absolute atomic E-state index is 13.1. The van der Waals surface area contributed by atoms with Gasteiger partial charge >= 0.3 is 0 Å². The van der Waals surface area contributed by atoms with Crippen molar-refractivity contribution in [2.24, 2.45) is 5.73 Å². The Hall–Kier alpha value is -1.93. The average Bonchev–Trinajstić information content (AvgIpc) is 3.39. The van der Waals surface area contributed by atoms with Crippen LogP contribution in [-0.2, 0) is 9.53 Å². The van der Waals surface area contributed by atoms with E-state index in [4.69, 9.17) is 15.0 Å². The smallest absolute Gasteiger partial charge is 0.276 e. The summed E-state index contributed by atoms with van der Waals surface area (Å²) in [6, 6.07) is 1.92. The standard InChI is InChI=1S/C20H32N4O4/c1-13(21)11-19(25)22-15-5-7-16(8-6-15)24(9-10-27-2)20(26)17-12-18(28-23-17)14-3-4-14/h12-16H,3-11,21H2,1-2H3,(H,22,25)/t13-,15-,16-/m0/s1. The van der Waals surface area contributed by atoms with Crippen LogP contribution in [0, 0.1) is 0 Å². The van der Waals surface area contributed by atoms with Crippen LogP contribution in [-0.4, -0.2) is 60.3 Å². The normalized spacial score (nSPS) is 23.2. The van der Waals surface area contributed by atoms with Crippen LogP contribution in [0.1, 0.15) is 74.0 Å². The number of nitrogens with zero attached hydrogens (tertiary/aromatic N) is 2. The van der Waals surface area contributed by atoms with Crippen LogP contribution in [0.25, 0.3) is 0 Å². The van der Waals surface area contributed by atoms with Crippen LogP contribution < -0.4 is 11.1 Å². The highest BCUT2D eigenvalue weighted by molar-refractivity contribution is 5.92. The molecule has 0 radical (unpaired) electrons. The van der Waals surface area contributed by atoms with Gasteiger partial charge in [-0.3, -0.25) is 9.59 Å². The van der Waals surface area contributed by atoms with E-state index in [2.05, 4.69) is 10.5 Å². The van der Waals surface area contributed by atoms with Crippen molar-refractivity contribution >= 4 is 11.8 Å². The van der Waals surface area contributed by atoms with Gasteiger partial charge in [-0.15, -0.1) is 0 Å². The third-order valence-corrected chi connectivity index (χ3v) is 5.53. The first kappa shape index (κ1) is 20.8. The van der Waals surface area contributed by atoms with Crippen molar-refractivity contribution in [1.82, 2.24) is 15.4 Å². The van der Waals surface area contributed by atoms with E-state index >= 15 is 0 Å². The highest BCUT2D eigenvalue weighted by Crippen LogP contribution is 2.40. The van der Waals surface area contributed by atoms with Gasteiger partial charge in [0, 0.05) is 50.2 Å². The SMILES string of the molecule is COCCN(C(=O)c1cc(C2CC2)on1)[C@H]1CC[C@H](NC(=O)C[C@H](C)N)CC1. The van der Waals surface area contributed by atoms with Crippen LogP contribution in [0.4, 0.5) is 0 Å². The number of rotatable bonds is 9. The summed E-state index contributed by atoms with van der Waals surface area (Å²) in [4.78, 5) is 26.9. The maximum Gasteiger partial charge on any atom is 0.276 e. The summed E-state index contributed by atoms with van der Waals surface area (Å²) in [6.07, 6.45) is 5.92. The van der Waals surface area contributed by atoms with Crippen LogP contribution in [0.2, 0.25) is 0 Å². The molecule has 2 aliphatic rings. The topological polar surface area (TPSA) is 111 Å². The number of nitrogens with one attached hydrogen (secondary N) is 1. The maximum atomic E-state index is 13.1. The highest BCUT2D eigenvalue weighted by atomic mass is 16.5. The Morgan fingerprint density at radius 1 is 1.32 bits per heavy atom. The van der Waals surface area contributed by atoms with E-state index in [-0.39, 0.29) is 29.9 Å². The number of amides is 2. The number of ether oxygens (including phenoxy) is 1. The molecule has 0 aromatic carbocycles. The molecule has 28 heavy (non-hydrogen) atoms. The van der Waals surface area contributed by atoms with E-state index in [9.17, 15) is 9.59 Å². The first-order chi connectivity index (χ1) is 13.5. The van der Waals surface area contributed by atoms with Crippen molar-refractivity contribution in [3.05, 3.63) is 17.5 Å². The second-order valence-corrected chi connectivity index (χ2v) is 8.13. The number of hydrogen-bond acceptors (Lipinski definition) is 6. The van der Waals surface area contributed by atoms with E-state index in [0.29, 0.717) is 31.2 Å². The van der Waals surface area contributed by atoms with Crippen LogP contribution in [0.5, 0.6) is 0 Å². The number of nitrogens with two attached hydrogens (primary N) is 1. The third kappa shape index (κ3) is 5.54. The monoisotopic (exact) mass is 392 g/mol. The number of methoxy groups -OCH3 is 1. The Labute approximate surface area is 166 Å². The molecule has 1 atom stereocenters. The zero-order valence-corrected chi connectivity index (χ0v) is 16.9. The molecule has 8 nitrogen and oxygen atoms in total. The lowest BCUT2D eigenvalue weighted by Crippen LogP contribution is -2.47. The molecule has 2 fully saturated rings. The van der Waals surface area contributed by atoms with E-state index in [0.717, 1.165) is 44.3 Å². The molecule has 1 aromatic heterocycles. The molecule has 1 heterocycles. The van der Waals surface area contributed by atoms with Gasteiger partial charge in [0.2, 0.25) is 5.91 Å². The van der Waals surface area contributed by atoms with Crippen molar-refractivity contribution in [3.63, 3.8) is 0 Å². The van der Waals surface area contributed by atoms with Gasteiger partial charge < -0.3 is 25.2 Å². The van der Waals surface area contributed by atoms with Crippen LogP contribution >= 0.6 is 0 Å². The van der Waals surface area contributed by atoms with Crippen molar-refractivity contribution in [2.45, 2.75) is 75.9 Å². The van der Waals surface area contributed by atoms with Gasteiger partial charge in [0.1, 0.15) is 5.76 Å². The minimum atomic E-state index is -0.138. The fraction of sp³-hybridized carbons (Fsp3) is 0.750.